The van der Waals surface area contributed by atoms with Gasteiger partial charge in [0.2, 0.25) is 0 Å². The summed E-state index contributed by atoms with van der Waals surface area (Å²) in [5.41, 5.74) is 14.3. The van der Waals surface area contributed by atoms with Crippen molar-refractivity contribution in [3.05, 3.63) is 224 Å². The van der Waals surface area contributed by atoms with Crippen LogP contribution in [0.25, 0.3) is 60.5 Å². The molecule has 0 atom stereocenters. The third-order valence-electron chi connectivity index (χ3n) is 12.9. The van der Waals surface area contributed by atoms with E-state index in [1.807, 2.05) is 0 Å². The van der Waals surface area contributed by atoms with Crippen LogP contribution in [0.1, 0.15) is 0 Å². The van der Waals surface area contributed by atoms with Crippen molar-refractivity contribution in [3.63, 3.8) is 0 Å². The van der Waals surface area contributed by atoms with Gasteiger partial charge in [0.25, 0.3) is 6.71 Å². The van der Waals surface area contributed by atoms with E-state index in [-0.39, 0.29) is 6.71 Å². The molecule has 1 aromatic heterocycles. The van der Waals surface area contributed by atoms with Crippen LogP contribution < -0.4 is 30.8 Å². The maximum atomic E-state index is 7.37. The molecule has 0 spiro atoms. The van der Waals surface area contributed by atoms with Crippen molar-refractivity contribution in [2.24, 2.45) is 0 Å². The van der Waals surface area contributed by atoms with Crippen molar-refractivity contribution in [1.82, 2.24) is 4.57 Å². The number of hydrogen-bond donors (Lipinski definition) is 0. The predicted molar refractivity (Wildman–Crippen MR) is 262 cm³/mol. The molecule has 0 N–H and O–H groups in total. The summed E-state index contributed by atoms with van der Waals surface area (Å²) in [6.07, 6.45) is 0. The highest BCUT2D eigenvalue weighted by atomic mass is 16.5. The summed E-state index contributed by atoms with van der Waals surface area (Å²) in [7, 11) is 0. The Kier molecular flexibility index (Phi) is 7.97. The van der Waals surface area contributed by atoms with Crippen LogP contribution in [-0.2, 0) is 0 Å². The minimum absolute atomic E-state index is 0.152. The van der Waals surface area contributed by atoms with Crippen molar-refractivity contribution < 1.29 is 9.47 Å². The molecule has 63 heavy (non-hydrogen) atoms. The Morgan fingerprint density at radius 2 is 0.905 bits per heavy atom. The monoisotopic (exact) mass is 804 g/mol. The lowest BCUT2D eigenvalue weighted by Crippen LogP contribution is -2.57. The Morgan fingerprint density at radius 3 is 1.49 bits per heavy atom. The molecule has 0 saturated heterocycles. The molecule has 0 bridgehead atoms. The number of nitrogens with zero attached hydrogens (tertiary/aromatic N) is 2. The third-order valence-corrected chi connectivity index (χ3v) is 12.9. The van der Waals surface area contributed by atoms with E-state index in [2.05, 4.69) is 234 Å². The van der Waals surface area contributed by atoms with Gasteiger partial charge in [-0.15, -0.1) is 0 Å². The lowest BCUT2D eigenvalue weighted by molar-refractivity contribution is 0.468. The zero-order valence-corrected chi connectivity index (χ0v) is 34.2. The Morgan fingerprint density at radius 1 is 0.397 bits per heavy atom. The molecule has 10 aromatic carbocycles. The fourth-order valence-corrected chi connectivity index (χ4v) is 10.1. The van der Waals surface area contributed by atoms with Crippen LogP contribution in [0.3, 0.4) is 0 Å². The second-order valence-corrected chi connectivity index (χ2v) is 16.4. The summed E-state index contributed by atoms with van der Waals surface area (Å²) >= 11 is 0. The van der Waals surface area contributed by atoms with Gasteiger partial charge in [0.15, 0.2) is 5.75 Å². The molecule has 0 unspecified atom stereocenters. The second kappa shape index (κ2) is 14.2. The number of anilines is 3. The SMILES string of the molecule is c1ccc(-c2ccc3c(c2)B2c4cc(-c5ccccc5)ccc4Oc4c2c(cc2c5c6ccccc6c(N(c6ccccc6)c6ccccc6)cc5n(-c5ccccc5)c42)O3)cc1. The molecule has 5 heteroatoms. The zero-order valence-electron chi connectivity index (χ0n) is 34.2. The highest BCUT2D eigenvalue weighted by Gasteiger charge is 2.43. The van der Waals surface area contributed by atoms with E-state index in [4.69, 9.17) is 9.47 Å². The van der Waals surface area contributed by atoms with Gasteiger partial charge in [-0.2, -0.15) is 0 Å². The summed E-state index contributed by atoms with van der Waals surface area (Å²) in [5, 5.41) is 4.52. The Labute approximate surface area is 365 Å². The molecule has 0 radical (unpaired) electrons. The number of hydrogen-bond acceptors (Lipinski definition) is 3. The highest BCUT2D eigenvalue weighted by molar-refractivity contribution is 6.98. The fourth-order valence-electron chi connectivity index (χ4n) is 10.1. The predicted octanol–water partition coefficient (Wildman–Crippen LogP) is 13.5. The molecule has 2 aliphatic heterocycles. The van der Waals surface area contributed by atoms with Gasteiger partial charge in [-0.25, -0.2) is 0 Å². The summed E-state index contributed by atoms with van der Waals surface area (Å²) in [6, 6.07) is 80.1. The molecular weight excluding hydrogens is 767 g/mol. The molecule has 13 rings (SSSR count). The van der Waals surface area contributed by atoms with E-state index in [0.717, 1.165) is 106 Å². The smallest absolute Gasteiger partial charge is 0.260 e. The second-order valence-electron chi connectivity index (χ2n) is 16.4. The van der Waals surface area contributed by atoms with Gasteiger partial charge >= 0.3 is 0 Å². The highest BCUT2D eigenvalue weighted by Crippen LogP contribution is 2.49. The number of para-hydroxylation sites is 3. The van der Waals surface area contributed by atoms with E-state index >= 15 is 0 Å². The molecule has 4 nitrogen and oxygen atoms in total. The number of aromatic nitrogens is 1. The minimum Gasteiger partial charge on any atom is -0.458 e. The molecular formula is C58H37BN2O2. The van der Waals surface area contributed by atoms with E-state index in [9.17, 15) is 0 Å². The topological polar surface area (TPSA) is 26.6 Å². The standard InChI is InChI=1S/C58H37BN2O2/c1-6-18-38(19-7-1)40-30-32-52-48(34-40)59-49-35-41(39-20-8-2-9-21-39)31-33-53(49)63-58-56(59)54(62-52)36-47-55-46-29-17-16-28-45(46)50(37-51(55)61(57(47)58)44-26-14-5-15-27-44)60(42-22-10-3-11-23-42)43-24-12-4-13-25-43/h1-37H. The van der Waals surface area contributed by atoms with Crippen LogP contribution in [0.4, 0.5) is 17.1 Å². The van der Waals surface area contributed by atoms with Gasteiger partial charge in [-0.3, -0.25) is 0 Å². The number of benzene rings is 10. The lowest BCUT2D eigenvalue weighted by atomic mass is 9.34. The molecule has 0 aliphatic carbocycles. The van der Waals surface area contributed by atoms with Crippen molar-refractivity contribution >= 4 is 72.7 Å². The molecule has 0 saturated carbocycles. The summed E-state index contributed by atoms with van der Waals surface area (Å²) in [6.45, 7) is -0.152. The first-order valence-electron chi connectivity index (χ1n) is 21.5. The quantitative estimate of drug-likeness (QED) is 0.157. The van der Waals surface area contributed by atoms with Gasteiger partial charge in [0.05, 0.1) is 16.7 Å². The minimum atomic E-state index is -0.152. The first-order chi connectivity index (χ1) is 31.3. The Bertz CT molecular complexity index is 3470. The Balaban J connectivity index is 1.15. The first-order valence-corrected chi connectivity index (χ1v) is 21.5. The first kappa shape index (κ1) is 35.5. The third kappa shape index (κ3) is 5.56. The normalized spacial score (nSPS) is 12.3. The van der Waals surface area contributed by atoms with Gasteiger partial charge in [0.1, 0.15) is 17.2 Å². The van der Waals surface area contributed by atoms with Crippen LogP contribution in [0, 0.1) is 0 Å². The molecule has 11 aromatic rings. The number of rotatable bonds is 6. The van der Waals surface area contributed by atoms with Gasteiger partial charge < -0.3 is 18.9 Å². The average Bonchev–Trinajstić information content (AvgIpc) is 3.69. The fraction of sp³-hybridized carbons (Fsp3) is 0. The van der Waals surface area contributed by atoms with Crippen molar-refractivity contribution in [1.29, 1.82) is 0 Å². The summed E-state index contributed by atoms with van der Waals surface area (Å²) < 4.78 is 16.9. The van der Waals surface area contributed by atoms with Crippen molar-refractivity contribution in [2.75, 3.05) is 4.90 Å². The number of fused-ring (bicyclic) bond motifs is 10. The van der Waals surface area contributed by atoms with Crippen LogP contribution in [0.5, 0.6) is 23.0 Å². The summed E-state index contributed by atoms with van der Waals surface area (Å²) in [5.74, 6) is 3.33. The van der Waals surface area contributed by atoms with Crippen LogP contribution in [0.2, 0.25) is 0 Å². The molecule has 3 heterocycles. The maximum Gasteiger partial charge on any atom is 0.260 e. The largest absolute Gasteiger partial charge is 0.458 e. The van der Waals surface area contributed by atoms with Crippen molar-refractivity contribution in [2.45, 2.75) is 0 Å². The molecule has 0 fully saturated rings. The van der Waals surface area contributed by atoms with E-state index in [1.165, 1.54) is 11.1 Å². The van der Waals surface area contributed by atoms with Crippen molar-refractivity contribution in [3.8, 4) is 50.9 Å². The average molecular weight is 805 g/mol. The number of ether oxygens (including phenoxy) is 2. The van der Waals surface area contributed by atoms with Gasteiger partial charge in [-0.05, 0) is 99.2 Å². The van der Waals surface area contributed by atoms with E-state index in [1.54, 1.807) is 0 Å². The lowest BCUT2D eigenvalue weighted by Gasteiger charge is -2.34. The molecule has 0 amide bonds. The Hall–Kier alpha value is -8.28. The van der Waals surface area contributed by atoms with Gasteiger partial charge in [-0.1, -0.05) is 164 Å². The van der Waals surface area contributed by atoms with Crippen LogP contribution >= 0.6 is 0 Å². The maximum absolute atomic E-state index is 7.37. The summed E-state index contributed by atoms with van der Waals surface area (Å²) in [4.78, 5) is 2.38. The van der Waals surface area contributed by atoms with Crippen LogP contribution in [0.15, 0.2) is 224 Å². The zero-order chi connectivity index (χ0) is 41.4. The van der Waals surface area contributed by atoms with E-state index in [0.29, 0.717) is 0 Å². The van der Waals surface area contributed by atoms with E-state index < -0.39 is 0 Å². The molecule has 2 aliphatic rings. The molecule has 294 valence electrons. The van der Waals surface area contributed by atoms with Gasteiger partial charge in [0, 0.05) is 38.7 Å². The van der Waals surface area contributed by atoms with Crippen LogP contribution in [-0.4, -0.2) is 11.3 Å².